The number of rotatable bonds is 0. The summed E-state index contributed by atoms with van der Waals surface area (Å²) in [5.41, 5.74) is -0.843. The maximum Gasteiger partial charge on any atom is 0.346 e. The minimum absolute atomic E-state index is 0.0990. The summed E-state index contributed by atoms with van der Waals surface area (Å²) in [6.45, 7) is 0. The van der Waals surface area contributed by atoms with Crippen LogP contribution in [0.15, 0.2) is 34.9 Å². The molecule has 0 unspecified atom stereocenters. The molecule has 0 radical (unpaired) electrons. The van der Waals surface area contributed by atoms with Crippen LogP contribution in [0.1, 0.15) is 0 Å². The van der Waals surface area contributed by atoms with Crippen LogP contribution in [-0.4, -0.2) is 17.4 Å². The van der Waals surface area contributed by atoms with Crippen LogP contribution in [0.4, 0.5) is 0 Å². The van der Waals surface area contributed by atoms with Crippen molar-refractivity contribution in [3.05, 3.63) is 34.9 Å². The molecule has 1 spiro atoms. The maximum absolute atomic E-state index is 11.0. The van der Waals surface area contributed by atoms with Crippen molar-refractivity contribution < 1.29 is 14.3 Å². The molecule has 0 saturated carbocycles. The number of esters is 1. The van der Waals surface area contributed by atoms with Crippen LogP contribution in [0.25, 0.3) is 0 Å². The molecule has 0 saturated heterocycles. The lowest BCUT2D eigenvalue weighted by Gasteiger charge is -2.19. The Hall–Kier alpha value is -1.16. The molecular formula is C9H5BrO3. The second kappa shape index (κ2) is 2.67. The van der Waals surface area contributed by atoms with Crippen molar-refractivity contribution in [2.24, 2.45) is 0 Å². The van der Waals surface area contributed by atoms with E-state index in [1.165, 1.54) is 12.2 Å². The van der Waals surface area contributed by atoms with Gasteiger partial charge in [0, 0.05) is 0 Å². The van der Waals surface area contributed by atoms with E-state index < -0.39 is 11.6 Å². The van der Waals surface area contributed by atoms with Crippen molar-refractivity contribution >= 4 is 27.7 Å². The van der Waals surface area contributed by atoms with Crippen LogP contribution in [0.3, 0.4) is 0 Å². The molecule has 1 heterocycles. The highest BCUT2D eigenvalue weighted by Crippen LogP contribution is 2.31. The Morgan fingerprint density at radius 1 is 1.23 bits per heavy atom. The van der Waals surface area contributed by atoms with E-state index >= 15 is 0 Å². The highest BCUT2D eigenvalue weighted by molar-refractivity contribution is 9.12. The molecule has 1 aliphatic carbocycles. The van der Waals surface area contributed by atoms with E-state index in [0.29, 0.717) is 4.48 Å². The lowest BCUT2D eigenvalue weighted by atomic mass is 9.98. The van der Waals surface area contributed by atoms with E-state index in [4.69, 9.17) is 4.74 Å². The Morgan fingerprint density at radius 2 is 1.85 bits per heavy atom. The molecule has 0 bridgehead atoms. The summed E-state index contributed by atoms with van der Waals surface area (Å²) < 4.78 is 5.43. The van der Waals surface area contributed by atoms with Gasteiger partial charge in [0.1, 0.15) is 4.48 Å². The zero-order chi connectivity index (χ0) is 9.47. The molecule has 1 aliphatic heterocycles. The van der Waals surface area contributed by atoms with Gasteiger partial charge in [-0.15, -0.1) is 0 Å². The number of hydrogen-bond donors (Lipinski definition) is 0. The van der Waals surface area contributed by atoms with E-state index in [-0.39, 0.29) is 5.78 Å². The van der Waals surface area contributed by atoms with E-state index in [0.717, 1.165) is 0 Å². The molecule has 0 amide bonds. The topological polar surface area (TPSA) is 43.4 Å². The number of carbonyl (C=O) groups excluding carboxylic acids is 2. The molecule has 0 fully saturated rings. The Balaban J connectivity index is 2.36. The molecule has 0 aromatic rings. The fourth-order valence-electron chi connectivity index (χ4n) is 1.20. The van der Waals surface area contributed by atoms with Gasteiger partial charge in [0.15, 0.2) is 11.4 Å². The van der Waals surface area contributed by atoms with E-state index in [1.807, 2.05) is 0 Å². The standard InChI is InChI=1S/C9H5BrO3/c10-7-5-9(13-8(7)12)3-1-6(11)2-4-9/h1-5H. The van der Waals surface area contributed by atoms with E-state index in [9.17, 15) is 9.59 Å². The van der Waals surface area contributed by atoms with Crippen LogP contribution in [0.5, 0.6) is 0 Å². The summed E-state index contributed by atoms with van der Waals surface area (Å²) in [6.07, 6.45) is 7.50. The number of carbonyl (C=O) groups is 2. The quantitative estimate of drug-likeness (QED) is 0.599. The summed E-state index contributed by atoms with van der Waals surface area (Å²) in [6, 6.07) is 0. The summed E-state index contributed by atoms with van der Waals surface area (Å²) in [7, 11) is 0. The van der Waals surface area contributed by atoms with E-state index in [1.54, 1.807) is 18.2 Å². The third-order valence-electron chi connectivity index (χ3n) is 1.83. The monoisotopic (exact) mass is 240 g/mol. The molecule has 2 aliphatic rings. The smallest absolute Gasteiger partial charge is 0.346 e. The first kappa shape index (κ1) is 8.44. The second-order valence-corrected chi connectivity index (χ2v) is 3.66. The van der Waals surface area contributed by atoms with E-state index in [2.05, 4.69) is 15.9 Å². The minimum Gasteiger partial charge on any atom is -0.442 e. The van der Waals surface area contributed by atoms with Crippen LogP contribution in [0, 0.1) is 0 Å². The highest BCUT2D eigenvalue weighted by atomic mass is 79.9. The predicted molar refractivity (Wildman–Crippen MR) is 49.1 cm³/mol. The zero-order valence-electron chi connectivity index (χ0n) is 6.49. The molecule has 0 aromatic heterocycles. The molecule has 4 heteroatoms. The van der Waals surface area contributed by atoms with Crippen molar-refractivity contribution in [3.63, 3.8) is 0 Å². The minimum atomic E-state index is -0.843. The Morgan fingerprint density at radius 3 is 2.31 bits per heavy atom. The summed E-state index contributed by atoms with van der Waals surface area (Å²) in [5, 5.41) is 0. The number of ketones is 1. The first-order valence-electron chi connectivity index (χ1n) is 3.65. The molecule has 66 valence electrons. The molecular weight excluding hydrogens is 236 g/mol. The first-order valence-corrected chi connectivity index (χ1v) is 4.45. The average Bonchev–Trinajstić information content (AvgIpc) is 2.36. The van der Waals surface area contributed by atoms with Gasteiger partial charge in [0.25, 0.3) is 0 Å². The lowest BCUT2D eigenvalue weighted by Crippen LogP contribution is -2.25. The van der Waals surface area contributed by atoms with Gasteiger partial charge < -0.3 is 4.74 Å². The Kier molecular flexibility index (Phi) is 1.73. The van der Waals surface area contributed by atoms with Crippen molar-refractivity contribution in [1.29, 1.82) is 0 Å². The highest BCUT2D eigenvalue weighted by Gasteiger charge is 2.36. The van der Waals surface area contributed by atoms with Gasteiger partial charge in [-0.1, -0.05) is 0 Å². The Labute approximate surface area is 82.9 Å². The average molecular weight is 241 g/mol. The fraction of sp³-hybridized carbons (Fsp3) is 0.111. The summed E-state index contributed by atoms with van der Waals surface area (Å²) >= 11 is 3.06. The van der Waals surface area contributed by atoms with Gasteiger partial charge in [-0.2, -0.15) is 0 Å². The zero-order valence-corrected chi connectivity index (χ0v) is 8.08. The van der Waals surface area contributed by atoms with Gasteiger partial charge >= 0.3 is 5.97 Å². The normalized spacial score (nSPS) is 23.6. The van der Waals surface area contributed by atoms with Gasteiger partial charge in [-0.05, 0) is 46.3 Å². The van der Waals surface area contributed by atoms with Crippen LogP contribution < -0.4 is 0 Å². The summed E-state index contributed by atoms with van der Waals surface area (Å²) in [5.74, 6) is -0.512. The third kappa shape index (κ3) is 1.37. The number of ether oxygens (including phenoxy) is 1. The van der Waals surface area contributed by atoms with Crippen LogP contribution in [0.2, 0.25) is 0 Å². The summed E-state index contributed by atoms with van der Waals surface area (Å²) in [4.78, 5) is 21.9. The molecule has 0 N–H and O–H groups in total. The molecule has 0 aromatic carbocycles. The van der Waals surface area contributed by atoms with Gasteiger partial charge in [-0.25, -0.2) is 4.79 Å². The van der Waals surface area contributed by atoms with Gasteiger partial charge in [-0.3, -0.25) is 4.79 Å². The molecule has 2 rings (SSSR count). The van der Waals surface area contributed by atoms with Crippen molar-refractivity contribution in [2.75, 3.05) is 0 Å². The van der Waals surface area contributed by atoms with Crippen LogP contribution in [-0.2, 0) is 14.3 Å². The lowest BCUT2D eigenvalue weighted by molar-refractivity contribution is -0.140. The number of hydrogen-bond acceptors (Lipinski definition) is 3. The van der Waals surface area contributed by atoms with Gasteiger partial charge in [0.05, 0.1) is 0 Å². The fourth-order valence-corrected chi connectivity index (χ4v) is 1.63. The first-order chi connectivity index (χ1) is 6.11. The van der Waals surface area contributed by atoms with Crippen molar-refractivity contribution in [1.82, 2.24) is 0 Å². The molecule has 13 heavy (non-hydrogen) atoms. The predicted octanol–water partition coefficient (Wildman–Crippen LogP) is 1.26. The Bertz CT molecular complexity index is 360. The number of halogens is 1. The number of allylic oxidation sites excluding steroid dienone is 2. The molecule has 3 nitrogen and oxygen atoms in total. The van der Waals surface area contributed by atoms with Crippen molar-refractivity contribution in [3.8, 4) is 0 Å². The molecule has 0 atom stereocenters. The van der Waals surface area contributed by atoms with Gasteiger partial charge in [0.2, 0.25) is 0 Å². The second-order valence-electron chi connectivity index (χ2n) is 2.80. The SMILES string of the molecule is O=C1C=CC2(C=C1)C=C(Br)C(=O)O2. The largest absolute Gasteiger partial charge is 0.442 e. The van der Waals surface area contributed by atoms with Crippen LogP contribution >= 0.6 is 15.9 Å². The van der Waals surface area contributed by atoms with Crippen molar-refractivity contribution in [2.45, 2.75) is 5.60 Å². The maximum atomic E-state index is 11.0. The third-order valence-corrected chi connectivity index (χ3v) is 2.39.